The lowest BCUT2D eigenvalue weighted by atomic mass is 10.2. The van der Waals surface area contributed by atoms with E-state index >= 15 is 0 Å². The first-order chi connectivity index (χ1) is 12.6. The standard InChI is InChI=1S/C19H24N4O3/c1-3-21(4-2)16-12-15(13-20-14-16)18(24)22-7-9-23(10-8-22)19(25)17-6-5-11-26-17/h5-6,11-14H,3-4,7-10H2,1-2H3. The van der Waals surface area contributed by atoms with E-state index in [0.717, 1.165) is 18.8 Å². The summed E-state index contributed by atoms with van der Waals surface area (Å²) in [6, 6.07) is 5.25. The second kappa shape index (κ2) is 8.03. The minimum Gasteiger partial charge on any atom is -0.459 e. The third kappa shape index (κ3) is 3.71. The molecule has 0 saturated carbocycles. The highest BCUT2D eigenvalue weighted by Crippen LogP contribution is 2.17. The molecule has 1 fully saturated rings. The van der Waals surface area contributed by atoms with Crippen LogP contribution in [-0.4, -0.2) is 65.9 Å². The SMILES string of the molecule is CCN(CC)c1cncc(C(=O)N2CCN(C(=O)c3ccco3)CC2)c1. The molecule has 0 spiro atoms. The number of nitrogens with zero attached hydrogens (tertiary/aromatic N) is 4. The van der Waals surface area contributed by atoms with Gasteiger partial charge in [0.05, 0.1) is 23.7 Å². The zero-order valence-corrected chi connectivity index (χ0v) is 15.2. The Kier molecular flexibility index (Phi) is 5.55. The van der Waals surface area contributed by atoms with Gasteiger partial charge in [0.1, 0.15) is 0 Å². The highest BCUT2D eigenvalue weighted by atomic mass is 16.3. The van der Waals surface area contributed by atoms with Gasteiger partial charge < -0.3 is 19.1 Å². The summed E-state index contributed by atoms with van der Waals surface area (Å²) in [5, 5.41) is 0. The lowest BCUT2D eigenvalue weighted by molar-refractivity contribution is 0.0518. The Morgan fingerprint density at radius 1 is 1.08 bits per heavy atom. The molecule has 26 heavy (non-hydrogen) atoms. The molecule has 0 aliphatic carbocycles. The molecule has 0 aromatic carbocycles. The van der Waals surface area contributed by atoms with Crippen LogP contribution in [-0.2, 0) is 0 Å². The zero-order valence-electron chi connectivity index (χ0n) is 15.2. The van der Waals surface area contributed by atoms with Gasteiger partial charge in [-0.05, 0) is 32.0 Å². The molecule has 0 radical (unpaired) electrons. The van der Waals surface area contributed by atoms with Crippen molar-refractivity contribution in [1.29, 1.82) is 0 Å². The molecule has 2 amide bonds. The van der Waals surface area contributed by atoms with Gasteiger partial charge in [-0.25, -0.2) is 0 Å². The summed E-state index contributed by atoms with van der Waals surface area (Å²) < 4.78 is 5.16. The van der Waals surface area contributed by atoms with Crippen molar-refractivity contribution in [1.82, 2.24) is 14.8 Å². The number of hydrogen-bond donors (Lipinski definition) is 0. The van der Waals surface area contributed by atoms with Gasteiger partial charge >= 0.3 is 0 Å². The van der Waals surface area contributed by atoms with E-state index in [-0.39, 0.29) is 11.8 Å². The van der Waals surface area contributed by atoms with Crippen LogP contribution in [0, 0.1) is 0 Å². The second-order valence-electron chi connectivity index (χ2n) is 6.17. The molecule has 1 saturated heterocycles. The van der Waals surface area contributed by atoms with E-state index in [1.54, 1.807) is 34.3 Å². The molecule has 0 N–H and O–H groups in total. The van der Waals surface area contributed by atoms with Crippen LogP contribution in [0.15, 0.2) is 41.3 Å². The first-order valence-electron chi connectivity index (χ1n) is 8.96. The smallest absolute Gasteiger partial charge is 0.289 e. The Hall–Kier alpha value is -2.83. The fourth-order valence-corrected chi connectivity index (χ4v) is 3.16. The van der Waals surface area contributed by atoms with Gasteiger partial charge in [0.2, 0.25) is 0 Å². The number of carbonyl (C=O) groups excluding carboxylic acids is 2. The summed E-state index contributed by atoms with van der Waals surface area (Å²) in [7, 11) is 0. The van der Waals surface area contributed by atoms with Crippen LogP contribution >= 0.6 is 0 Å². The van der Waals surface area contributed by atoms with Gasteiger partial charge in [0.25, 0.3) is 11.8 Å². The topological polar surface area (TPSA) is 69.9 Å². The zero-order chi connectivity index (χ0) is 18.5. The number of piperazine rings is 1. The van der Waals surface area contributed by atoms with Crippen molar-refractivity contribution in [2.75, 3.05) is 44.2 Å². The maximum atomic E-state index is 12.8. The van der Waals surface area contributed by atoms with Gasteiger partial charge in [0.15, 0.2) is 5.76 Å². The third-order valence-corrected chi connectivity index (χ3v) is 4.69. The van der Waals surface area contributed by atoms with Gasteiger partial charge in [0, 0.05) is 45.5 Å². The average Bonchev–Trinajstić information content (AvgIpc) is 3.23. The minimum atomic E-state index is -0.132. The Labute approximate surface area is 153 Å². The quantitative estimate of drug-likeness (QED) is 0.821. The Balaban J connectivity index is 1.63. The molecule has 2 aromatic rings. The molecule has 0 atom stereocenters. The van der Waals surface area contributed by atoms with Crippen LogP contribution in [0.3, 0.4) is 0 Å². The average molecular weight is 356 g/mol. The summed E-state index contributed by atoms with van der Waals surface area (Å²) in [6.45, 7) is 7.87. The molecule has 7 nitrogen and oxygen atoms in total. The van der Waals surface area contributed by atoms with E-state index < -0.39 is 0 Å². The molecular weight excluding hydrogens is 332 g/mol. The summed E-state index contributed by atoms with van der Waals surface area (Å²) in [6.07, 6.45) is 4.88. The van der Waals surface area contributed by atoms with Crippen LogP contribution in [0.25, 0.3) is 0 Å². The van der Waals surface area contributed by atoms with Crippen LogP contribution < -0.4 is 4.90 Å². The normalized spacial score (nSPS) is 14.4. The highest BCUT2D eigenvalue weighted by molar-refractivity contribution is 5.95. The number of furan rings is 1. The van der Waals surface area contributed by atoms with Crippen molar-refractivity contribution in [3.8, 4) is 0 Å². The summed E-state index contributed by atoms with van der Waals surface area (Å²) in [5.74, 6) is 0.157. The van der Waals surface area contributed by atoms with E-state index in [0.29, 0.717) is 37.5 Å². The fourth-order valence-electron chi connectivity index (χ4n) is 3.16. The predicted octanol–water partition coefficient (Wildman–Crippen LogP) is 2.12. The lowest BCUT2D eigenvalue weighted by Crippen LogP contribution is -2.50. The Bertz CT molecular complexity index is 748. The molecule has 0 bridgehead atoms. The maximum Gasteiger partial charge on any atom is 0.289 e. The number of aromatic nitrogens is 1. The first kappa shape index (κ1) is 18.0. The minimum absolute atomic E-state index is 0.0448. The number of anilines is 1. The van der Waals surface area contributed by atoms with Gasteiger partial charge in [-0.2, -0.15) is 0 Å². The van der Waals surface area contributed by atoms with E-state index in [9.17, 15) is 9.59 Å². The number of hydrogen-bond acceptors (Lipinski definition) is 5. The number of amides is 2. The molecule has 1 aliphatic rings. The van der Waals surface area contributed by atoms with Crippen molar-refractivity contribution >= 4 is 17.5 Å². The van der Waals surface area contributed by atoms with Crippen LogP contribution in [0.2, 0.25) is 0 Å². The largest absolute Gasteiger partial charge is 0.459 e. The fraction of sp³-hybridized carbons (Fsp3) is 0.421. The van der Waals surface area contributed by atoms with E-state index in [2.05, 4.69) is 23.7 Å². The molecular formula is C19H24N4O3. The van der Waals surface area contributed by atoms with Crippen LogP contribution in [0.5, 0.6) is 0 Å². The molecule has 7 heteroatoms. The van der Waals surface area contributed by atoms with Crippen molar-refractivity contribution in [3.05, 3.63) is 48.2 Å². The van der Waals surface area contributed by atoms with E-state index in [1.807, 2.05) is 6.07 Å². The van der Waals surface area contributed by atoms with Crippen molar-refractivity contribution in [2.24, 2.45) is 0 Å². The van der Waals surface area contributed by atoms with Gasteiger partial charge in [-0.15, -0.1) is 0 Å². The first-order valence-corrected chi connectivity index (χ1v) is 8.96. The lowest BCUT2D eigenvalue weighted by Gasteiger charge is -2.34. The van der Waals surface area contributed by atoms with Crippen molar-refractivity contribution in [3.63, 3.8) is 0 Å². The van der Waals surface area contributed by atoms with E-state index in [4.69, 9.17) is 4.42 Å². The molecule has 3 rings (SSSR count). The van der Waals surface area contributed by atoms with Crippen LogP contribution in [0.4, 0.5) is 5.69 Å². The predicted molar refractivity (Wildman–Crippen MR) is 98.3 cm³/mol. The molecule has 0 unspecified atom stereocenters. The summed E-state index contributed by atoms with van der Waals surface area (Å²) >= 11 is 0. The molecule has 2 aromatic heterocycles. The third-order valence-electron chi connectivity index (χ3n) is 4.69. The molecule has 3 heterocycles. The van der Waals surface area contributed by atoms with Crippen molar-refractivity contribution in [2.45, 2.75) is 13.8 Å². The number of carbonyl (C=O) groups is 2. The second-order valence-corrected chi connectivity index (χ2v) is 6.17. The van der Waals surface area contributed by atoms with Gasteiger partial charge in [-0.3, -0.25) is 14.6 Å². The maximum absolute atomic E-state index is 12.8. The number of pyridine rings is 1. The summed E-state index contributed by atoms with van der Waals surface area (Å²) in [4.78, 5) is 35.0. The van der Waals surface area contributed by atoms with E-state index in [1.165, 1.54) is 6.26 Å². The molecule has 1 aliphatic heterocycles. The summed E-state index contributed by atoms with van der Waals surface area (Å²) in [5.41, 5.74) is 1.53. The Morgan fingerprint density at radius 2 is 1.73 bits per heavy atom. The number of rotatable bonds is 5. The molecule has 138 valence electrons. The Morgan fingerprint density at radius 3 is 2.31 bits per heavy atom. The van der Waals surface area contributed by atoms with Gasteiger partial charge in [-0.1, -0.05) is 0 Å². The highest BCUT2D eigenvalue weighted by Gasteiger charge is 2.26. The van der Waals surface area contributed by atoms with Crippen molar-refractivity contribution < 1.29 is 14.0 Å². The monoisotopic (exact) mass is 356 g/mol. The van der Waals surface area contributed by atoms with Crippen LogP contribution in [0.1, 0.15) is 34.8 Å².